The minimum absolute atomic E-state index is 0. The second kappa shape index (κ2) is 5.89. The Morgan fingerprint density at radius 2 is 1.80 bits per heavy atom. The van der Waals surface area contributed by atoms with Crippen LogP contribution < -0.4 is 0 Å². The number of hydrogen-bond donors (Lipinski definition) is 0. The molecule has 3 heteroatoms. The lowest BCUT2D eigenvalue weighted by molar-refractivity contribution is 1.49. The standard InChI is InChI=1S/C2H6IP.HI/c1-2(3)4;/h2H,4H2,1H3;1H. The van der Waals surface area contributed by atoms with Crippen LogP contribution in [0.15, 0.2) is 0 Å². The molecule has 0 aromatic carbocycles. The monoisotopic (exact) mass is 316 g/mol. The summed E-state index contributed by atoms with van der Waals surface area (Å²) in [4.78, 5) is 0. The Morgan fingerprint density at radius 1 is 1.80 bits per heavy atom. The van der Waals surface area contributed by atoms with Crippen LogP contribution in [0.25, 0.3) is 0 Å². The van der Waals surface area contributed by atoms with E-state index in [-0.39, 0.29) is 24.0 Å². The van der Waals surface area contributed by atoms with Gasteiger partial charge < -0.3 is 0 Å². The van der Waals surface area contributed by atoms with E-state index in [2.05, 4.69) is 38.8 Å². The van der Waals surface area contributed by atoms with Gasteiger partial charge in [-0.05, 0) is 6.92 Å². The lowest BCUT2D eigenvalue weighted by Gasteiger charge is -1.76. The van der Waals surface area contributed by atoms with Crippen molar-refractivity contribution in [2.45, 2.75) is 10.6 Å². The lowest BCUT2D eigenvalue weighted by atomic mass is 11.0. The molecule has 0 aromatic rings. The SMILES string of the molecule is CC(P)I.I. The highest BCUT2D eigenvalue weighted by molar-refractivity contribution is 14.1. The topological polar surface area (TPSA) is 0 Å². The van der Waals surface area contributed by atoms with Crippen LogP contribution >= 0.6 is 55.8 Å². The van der Waals surface area contributed by atoms with E-state index in [9.17, 15) is 0 Å². The van der Waals surface area contributed by atoms with Gasteiger partial charge in [0.1, 0.15) is 0 Å². The number of alkyl halides is 1. The molecular formula is C2H7I2P. The first kappa shape index (κ1) is 10.00. The molecule has 0 heterocycles. The number of rotatable bonds is 0. The van der Waals surface area contributed by atoms with Gasteiger partial charge >= 0.3 is 0 Å². The number of halogens is 2. The van der Waals surface area contributed by atoms with Crippen molar-refractivity contribution in [1.29, 1.82) is 0 Å². The summed E-state index contributed by atoms with van der Waals surface area (Å²) in [5.41, 5.74) is 0. The van der Waals surface area contributed by atoms with Crippen molar-refractivity contribution in [1.82, 2.24) is 0 Å². The molecule has 0 nitrogen and oxygen atoms in total. The first-order chi connectivity index (χ1) is 1.73. The van der Waals surface area contributed by atoms with Gasteiger partial charge in [-0.3, -0.25) is 0 Å². The number of hydrogen-bond acceptors (Lipinski definition) is 0. The zero-order chi connectivity index (χ0) is 3.58. The maximum atomic E-state index is 2.64. The fraction of sp³-hybridized carbons (Fsp3) is 1.00. The third-order valence-corrected chi connectivity index (χ3v) is 0. The van der Waals surface area contributed by atoms with Crippen LogP contribution in [0.5, 0.6) is 0 Å². The van der Waals surface area contributed by atoms with E-state index >= 15 is 0 Å². The zero-order valence-corrected chi connectivity index (χ0v) is 8.58. The summed E-state index contributed by atoms with van der Waals surface area (Å²) >= 11 is 2.31. The molecule has 5 heavy (non-hydrogen) atoms. The molecule has 0 spiro atoms. The molecule has 0 saturated heterocycles. The molecule has 2 unspecified atom stereocenters. The summed E-state index contributed by atoms with van der Waals surface area (Å²) in [6.45, 7) is 2.12. The van der Waals surface area contributed by atoms with Gasteiger partial charge in [-0.1, -0.05) is 22.6 Å². The highest BCUT2D eigenvalue weighted by Gasteiger charge is 1.70. The average molecular weight is 316 g/mol. The summed E-state index contributed by atoms with van der Waals surface area (Å²) in [6.07, 6.45) is 0. The average Bonchev–Trinajstić information content (AvgIpc) is 0.811. The molecule has 0 N–H and O–H groups in total. The zero-order valence-electron chi connectivity index (χ0n) is 2.94. The quantitative estimate of drug-likeness (QED) is 0.365. The molecule has 0 fully saturated rings. The van der Waals surface area contributed by atoms with Crippen molar-refractivity contribution in [3.63, 3.8) is 0 Å². The van der Waals surface area contributed by atoms with E-state index in [1.54, 1.807) is 0 Å². The molecule has 0 radical (unpaired) electrons. The molecule has 0 saturated carbocycles. The lowest BCUT2D eigenvalue weighted by Crippen LogP contribution is -1.59. The van der Waals surface area contributed by atoms with Crippen molar-refractivity contribution in [3.8, 4) is 0 Å². The van der Waals surface area contributed by atoms with Gasteiger partial charge in [0, 0.05) is 3.67 Å². The third-order valence-electron chi connectivity index (χ3n) is 0. The molecule has 2 atom stereocenters. The van der Waals surface area contributed by atoms with E-state index in [1.807, 2.05) is 0 Å². The van der Waals surface area contributed by atoms with Gasteiger partial charge in [-0.25, -0.2) is 0 Å². The van der Waals surface area contributed by atoms with E-state index in [1.165, 1.54) is 0 Å². The molecule has 34 valence electrons. The Balaban J connectivity index is 0. The van der Waals surface area contributed by atoms with Crippen LogP contribution in [0.1, 0.15) is 6.92 Å². The van der Waals surface area contributed by atoms with Crippen molar-refractivity contribution in [2.24, 2.45) is 0 Å². The molecule has 0 amide bonds. The van der Waals surface area contributed by atoms with Crippen LogP contribution in [-0.2, 0) is 0 Å². The maximum Gasteiger partial charge on any atom is 0.0225 e. The van der Waals surface area contributed by atoms with Crippen LogP contribution in [0.2, 0.25) is 0 Å². The first-order valence-corrected chi connectivity index (χ1v) is 3.04. The van der Waals surface area contributed by atoms with Crippen LogP contribution in [-0.4, -0.2) is 3.67 Å². The smallest absolute Gasteiger partial charge is 0.0225 e. The Kier molecular flexibility index (Phi) is 11.8. The summed E-state index contributed by atoms with van der Waals surface area (Å²) in [5, 5.41) is 0. The minimum atomic E-state index is 0. The van der Waals surface area contributed by atoms with Gasteiger partial charge in [0.15, 0.2) is 0 Å². The summed E-state index contributed by atoms with van der Waals surface area (Å²) in [6, 6.07) is 0. The molecular weight excluding hydrogens is 309 g/mol. The van der Waals surface area contributed by atoms with E-state index in [0.717, 1.165) is 3.67 Å². The molecule has 0 rings (SSSR count). The Hall–Kier alpha value is 1.89. The van der Waals surface area contributed by atoms with Crippen LogP contribution in [0.3, 0.4) is 0 Å². The Morgan fingerprint density at radius 3 is 1.80 bits per heavy atom. The highest BCUT2D eigenvalue weighted by Crippen LogP contribution is 2.04. The Labute approximate surface area is 65.8 Å². The van der Waals surface area contributed by atoms with Crippen molar-refractivity contribution in [2.75, 3.05) is 0 Å². The van der Waals surface area contributed by atoms with Gasteiger partial charge in [0.25, 0.3) is 0 Å². The summed E-state index contributed by atoms with van der Waals surface area (Å²) in [7, 11) is 2.64. The molecule has 0 aliphatic heterocycles. The molecule has 0 bridgehead atoms. The molecule has 0 aliphatic rings. The van der Waals surface area contributed by atoms with E-state index in [4.69, 9.17) is 0 Å². The van der Waals surface area contributed by atoms with Gasteiger partial charge in [0.05, 0.1) is 0 Å². The van der Waals surface area contributed by atoms with Crippen LogP contribution in [0, 0.1) is 0 Å². The van der Waals surface area contributed by atoms with Gasteiger partial charge in [-0.15, -0.1) is 33.2 Å². The predicted octanol–water partition coefficient (Wildman–Crippen LogP) is 2.26. The third kappa shape index (κ3) is 25.0. The summed E-state index contributed by atoms with van der Waals surface area (Å²) in [5.74, 6) is 0. The van der Waals surface area contributed by atoms with Crippen molar-refractivity contribution < 1.29 is 0 Å². The van der Waals surface area contributed by atoms with Crippen molar-refractivity contribution in [3.05, 3.63) is 0 Å². The normalized spacial score (nSPS) is 12.6. The highest BCUT2D eigenvalue weighted by atomic mass is 127. The molecule has 0 aromatic heterocycles. The summed E-state index contributed by atoms with van der Waals surface area (Å²) < 4.78 is 0.720. The molecule has 0 aliphatic carbocycles. The first-order valence-electron chi connectivity index (χ1n) is 1.13. The minimum Gasteiger partial charge on any atom is -0.124 e. The fourth-order valence-corrected chi connectivity index (χ4v) is 0. The second-order valence-corrected chi connectivity index (χ2v) is 5.00. The largest absolute Gasteiger partial charge is 0.124 e. The maximum absolute atomic E-state index is 2.64. The van der Waals surface area contributed by atoms with E-state index in [0.29, 0.717) is 0 Å². The second-order valence-electron chi connectivity index (χ2n) is 0.678. The predicted molar refractivity (Wildman–Crippen MR) is 48.6 cm³/mol. The van der Waals surface area contributed by atoms with Crippen LogP contribution in [0.4, 0.5) is 0 Å². The van der Waals surface area contributed by atoms with Gasteiger partial charge in [0.2, 0.25) is 0 Å². The fourth-order valence-electron chi connectivity index (χ4n) is 0. The van der Waals surface area contributed by atoms with Crippen molar-refractivity contribution >= 4 is 55.8 Å². The van der Waals surface area contributed by atoms with E-state index < -0.39 is 0 Å². The Bertz CT molecular complexity index is 12.4. The van der Waals surface area contributed by atoms with Gasteiger partial charge in [-0.2, -0.15) is 0 Å².